The van der Waals surface area contributed by atoms with E-state index in [9.17, 15) is 10.1 Å². The number of pyridine rings is 1. The Balaban J connectivity index is 2.24. The smallest absolute Gasteiger partial charge is 0.261 e. The van der Waals surface area contributed by atoms with Crippen LogP contribution in [0, 0.1) is 25.2 Å². The molecule has 25 heavy (non-hydrogen) atoms. The molecular formula is C19H22N4O2. The third kappa shape index (κ3) is 4.55. The van der Waals surface area contributed by atoms with Gasteiger partial charge in [0.05, 0.1) is 11.9 Å². The van der Waals surface area contributed by atoms with Crippen molar-refractivity contribution in [2.75, 3.05) is 20.3 Å². The molecule has 2 aromatic rings. The lowest BCUT2D eigenvalue weighted by Gasteiger charge is -2.08. The van der Waals surface area contributed by atoms with Gasteiger partial charge in [0.2, 0.25) is 0 Å². The molecule has 130 valence electrons. The number of carbonyl (C=O) groups excluding carboxylic acids is 1. The molecule has 2 rings (SSSR count). The third-order valence-electron chi connectivity index (χ3n) is 3.85. The van der Waals surface area contributed by atoms with E-state index in [1.807, 2.05) is 42.7 Å². The van der Waals surface area contributed by atoms with Crippen LogP contribution in [0.4, 0.5) is 0 Å². The first-order valence-electron chi connectivity index (χ1n) is 8.06. The van der Waals surface area contributed by atoms with E-state index in [4.69, 9.17) is 4.74 Å². The van der Waals surface area contributed by atoms with Crippen LogP contribution >= 0.6 is 0 Å². The number of aryl methyl sites for hydroxylation is 1. The van der Waals surface area contributed by atoms with E-state index < -0.39 is 0 Å². The Morgan fingerprint density at radius 2 is 2.28 bits per heavy atom. The first-order valence-corrected chi connectivity index (χ1v) is 8.06. The van der Waals surface area contributed by atoms with E-state index >= 15 is 0 Å². The molecule has 0 fully saturated rings. The highest BCUT2D eigenvalue weighted by Crippen LogP contribution is 2.22. The van der Waals surface area contributed by atoms with Crippen LogP contribution in [0.1, 0.15) is 23.4 Å². The SMILES string of the molecule is COCCCNC(=O)/C(C#N)=C/c1cc(C)n(-c2cccnc2)c1C. The van der Waals surface area contributed by atoms with Crippen molar-refractivity contribution in [3.8, 4) is 11.8 Å². The second-order valence-electron chi connectivity index (χ2n) is 5.65. The molecule has 0 saturated heterocycles. The molecule has 2 aromatic heterocycles. The minimum atomic E-state index is -0.371. The van der Waals surface area contributed by atoms with Crippen LogP contribution in [0.25, 0.3) is 11.8 Å². The largest absolute Gasteiger partial charge is 0.385 e. The van der Waals surface area contributed by atoms with Gasteiger partial charge in [-0.2, -0.15) is 5.26 Å². The van der Waals surface area contributed by atoms with E-state index in [0.717, 1.165) is 22.6 Å². The summed E-state index contributed by atoms with van der Waals surface area (Å²) in [6.45, 7) is 4.98. The number of hydrogen-bond donors (Lipinski definition) is 1. The molecule has 0 aliphatic carbocycles. The fourth-order valence-electron chi connectivity index (χ4n) is 2.63. The standard InChI is InChI=1S/C19H22N4O2/c1-14-10-16(15(2)23(14)18-6-4-7-21-13-18)11-17(12-20)19(24)22-8-5-9-25-3/h4,6-7,10-11,13H,5,8-9H2,1-3H3,(H,22,24)/b17-11+. The number of amides is 1. The Morgan fingerprint density at radius 3 is 2.92 bits per heavy atom. The van der Waals surface area contributed by atoms with Gasteiger partial charge in [-0.25, -0.2) is 0 Å². The number of methoxy groups -OCH3 is 1. The fourth-order valence-corrected chi connectivity index (χ4v) is 2.63. The summed E-state index contributed by atoms with van der Waals surface area (Å²) >= 11 is 0. The maximum Gasteiger partial charge on any atom is 0.261 e. The molecule has 0 aliphatic heterocycles. The van der Waals surface area contributed by atoms with Crippen molar-refractivity contribution >= 4 is 12.0 Å². The van der Waals surface area contributed by atoms with Gasteiger partial charge in [0.25, 0.3) is 5.91 Å². The molecule has 0 saturated carbocycles. The van der Waals surface area contributed by atoms with E-state index in [1.165, 1.54) is 0 Å². The summed E-state index contributed by atoms with van der Waals surface area (Å²) in [7, 11) is 1.61. The van der Waals surface area contributed by atoms with Crippen molar-refractivity contribution in [2.45, 2.75) is 20.3 Å². The number of nitrogens with one attached hydrogen (secondary N) is 1. The lowest BCUT2D eigenvalue weighted by molar-refractivity contribution is -0.117. The van der Waals surface area contributed by atoms with Crippen LogP contribution in [-0.2, 0) is 9.53 Å². The fraction of sp³-hybridized carbons (Fsp3) is 0.316. The molecular weight excluding hydrogens is 316 g/mol. The Kier molecular flexibility index (Phi) is 6.49. The molecule has 6 heteroatoms. The van der Waals surface area contributed by atoms with Crippen LogP contribution < -0.4 is 5.32 Å². The molecule has 0 spiro atoms. The molecule has 0 atom stereocenters. The number of carbonyl (C=O) groups is 1. The number of ether oxygens (including phenoxy) is 1. The molecule has 0 aliphatic rings. The quantitative estimate of drug-likeness (QED) is 0.478. The van der Waals surface area contributed by atoms with E-state index in [-0.39, 0.29) is 11.5 Å². The first-order chi connectivity index (χ1) is 12.1. The van der Waals surface area contributed by atoms with Gasteiger partial charge >= 0.3 is 0 Å². The third-order valence-corrected chi connectivity index (χ3v) is 3.85. The number of nitriles is 1. The van der Waals surface area contributed by atoms with Crippen molar-refractivity contribution in [3.63, 3.8) is 0 Å². The first kappa shape index (κ1) is 18.4. The Hall–Kier alpha value is -2.91. The summed E-state index contributed by atoms with van der Waals surface area (Å²) in [4.78, 5) is 16.3. The van der Waals surface area contributed by atoms with Crippen LogP contribution in [-0.4, -0.2) is 35.7 Å². The molecule has 0 bridgehead atoms. The lowest BCUT2D eigenvalue weighted by Crippen LogP contribution is -2.26. The number of hydrogen-bond acceptors (Lipinski definition) is 4. The van der Waals surface area contributed by atoms with Gasteiger partial charge in [-0.3, -0.25) is 9.78 Å². The number of nitrogens with zero attached hydrogens (tertiary/aromatic N) is 3. The van der Waals surface area contributed by atoms with Crippen molar-refractivity contribution in [2.24, 2.45) is 0 Å². The zero-order valence-corrected chi connectivity index (χ0v) is 14.7. The van der Waals surface area contributed by atoms with E-state index in [2.05, 4.69) is 10.3 Å². The second-order valence-corrected chi connectivity index (χ2v) is 5.65. The molecule has 0 radical (unpaired) electrons. The Bertz CT molecular complexity index is 801. The molecule has 2 heterocycles. The summed E-state index contributed by atoms with van der Waals surface area (Å²) in [5, 5.41) is 12.1. The van der Waals surface area contributed by atoms with Crippen LogP contribution in [0.5, 0.6) is 0 Å². The van der Waals surface area contributed by atoms with E-state index in [1.54, 1.807) is 25.6 Å². The van der Waals surface area contributed by atoms with Crippen molar-refractivity contribution in [1.82, 2.24) is 14.9 Å². The van der Waals surface area contributed by atoms with Crippen LogP contribution in [0.15, 0.2) is 36.2 Å². The predicted octanol–water partition coefficient (Wildman–Crippen LogP) is 2.55. The summed E-state index contributed by atoms with van der Waals surface area (Å²) in [5.41, 5.74) is 3.83. The lowest BCUT2D eigenvalue weighted by atomic mass is 10.1. The van der Waals surface area contributed by atoms with Gasteiger partial charge in [0.15, 0.2) is 0 Å². The summed E-state index contributed by atoms with van der Waals surface area (Å²) in [6, 6.07) is 7.78. The highest BCUT2D eigenvalue weighted by atomic mass is 16.5. The normalized spacial score (nSPS) is 11.2. The maximum atomic E-state index is 12.2. The highest BCUT2D eigenvalue weighted by molar-refractivity contribution is 6.01. The average Bonchev–Trinajstić information content (AvgIpc) is 2.90. The average molecular weight is 338 g/mol. The van der Waals surface area contributed by atoms with Gasteiger partial charge in [0, 0.05) is 37.8 Å². The monoisotopic (exact) mass is 338 g/mol. The minimum absolute atomic E-state index is 0.0869. The van der Waals surface area contributed by atoms with Gasteiger partial charge in [0.1, 0.15) is 11.6 Å². The van der Waals surface area contributed by atoms with Crippen molar-refractivity contribution < 1.29 is 9.53 Å². The summed E-state index contributed by atoms with van der Waals surface area (Å²) < 4.78 is 6.99. The maximum absolute atomic E-state index is 12.2. The van der Waals surface area contributed by atoms with Crippen LogP contribution in [0.3, 0.4) is 0 Å². The van der Waals surface area contributed by atoms with Crippen molar-refractivity contribution in [1.29, 1.82) is 5.26 Å². The zero-order valence-electron chi connectivity index (χ0n) is 14.7. The molecule has 1 amide bonds. The summed E-state index contributed by atoms with van der Waals surface area (Å²) in [5.74, 6) is -0.371. The predicted molar refractivity (Wildman–Crippen MR) is 96.1 cm³/mol. The molecule has 0 unspecified atom stereocenters. The second kappa shape index (κ2) is 8.81. The number of rotatable bonds is 7. The zero-order chi connectivity index (χ0) is 18.2. The van der Waals surface area contributed by atoms with Crippen LogP contribution in [0.2, 0.25) is 0 Å². The minimum Gasteiger partial charge on any atom is -0.385 e. The Labute approximate surface area is 147 Å². The summed E-state index contributed by atoms with van der Waals surface area (Å²) in [6.07, 6.45) is 5.83. The van der Waals surface area contributed by atoms with Crippen molar-refractivity contribution in [3.05, 3.63) is 53.1 Å². The highest BCUT2D eigenvalue weighted by Gasteiger charge is 2.13. The Morgan fingerprint density at radius 1 is 1.48 bits per heavy atom. The van der Waals surface area contributed by atoms with Gasteiger partial charge in [-0.05, 0) is 50.1 Å². The van der Waals surface area contributed by atoms with Gasteiger partial charge in [-0.1, -0.05) is 0 Å². The topological polar surface area (TPSA) is 79.9 Å². The molecule has 0 aromatic carbocycles. The van der Waals surface area contributed by atoms with Gasteiger partial charge < -0.3 is 14.6 Å². The molecule has 6 nitrogen and oxygen atoms in total. The van der Waals surface area contributed by atoms with Gasteiger partial charge in [-0.15, -0.1) is 0 Å². The molecule has 1 N–H and O–H groups in total. The number of aromatic nitrogens is 2. The van der Waals surface area contributed by atoms with E-state index in [0.29, 0.717) is 19.6 Å².